The standard InChI is InChI=1S/C16H31N3/c1-12(2)15-7-8-19(10-15)14(5)9-16(6,11-17)18-13(3)4/h12-15,18H,7-10H2,1-6H3. The summed E-state index contributed by atoms with van der Waals surface area (Å²) >= 11 is 0. The Hall–Kier alpha value is -0.590. The minimum atomic E-state index is -0.413. The molecule has 0 aromatic rings. The van der Waals surface area contributed by atoms with Gasteiger partial charge in [-0.1, -0.05) is 13.8 Å². The van der Waals surface area contributed by atoms with E-state index in [1.807, 2.05) is 6.92 Å². The van der Waals surface area contributed by atoms with Crippen molar-refractivity contribution in [3.8, 4) is 6.07 Å². The van der Waals surface area contributed by atoms with Gasteiger partial charge in [0.2, 0.25) is 0 Å². The molecule has 0 aromatic heterocycles. The highest BCUT2D eigenvalue weighted by Gasteiger charge is 2.33. The number of nitrogens with one attached hydrogen (secondary N) is 1. The molecule has 0 amide bonds. The molecule has 1 fully saturated rings. The fourth-order valence-electron chi connectivity index (χ4n) is 3.25. The predicted molar refractivity (Wildman–Crippen MR) is 80.9 cm³/mol. The normalized spacial score (nSPS) is 25.5. The Kier molecular flexibility index (Phi) is 5.82. The summed E-state index contributed by atoms with van der Waals surface area (Å²) in [7, 11) is 0. The van der Waals surface area contributed by atoms with Crippen LogP contribution in [-0.4, -0.2) is 35.6 Å². The number of rotatable bonds is 6. The third-order valence-electron chi connectivity index (χ3n) is 4.38. The van der Waals surface area contributed by atoms with Crippen molar-refractivity contribution in [2.24, 2.45) is 11.8 Å². The summed E-state index contributed by atoms with van der Waals surface area (Å²) in [4.78, 5) is 2.56. The Bertz CT molecular complexity index is 318. The van der Waals surface area contributed by atoms with Gasteiger partial charge in [0, 0.05) is 18.6 Å². The highest BCUT2D eigenvalue weighted by molar-refractivity contribution is 5.06. The van der Waals surface area contributed by atoms with Crippen LogP contribution in [0.15, 0.2) is 0 Å². The molecule has 3 atom stereocenters. The number of hydrogen-bond donors (Lipinski definition) is 1. The van der Waals surface area contributed by atoms with Crippen molar-refractivity contribution in [2.45, 2.75) is 72.0 Å². The Morgan fingerprint density at radius 3 is 2.37 bits per heavy atom. The minimum Gasteiger partial charge on any atom is -0.300 e. The Morgan fingerprint density at radius 2 is 1.95 bits per heavy atom. The first-order valence-corrected chi connectivity index (χ1v) is 7.70. The van der Waals surface area contributed by atoms with Gasteiger partial charge in [-0.25, -0.2) is 0 Å². The molecule has 3 unspecified atom stereocenters. The first kappa shape index (κ1) is 16.5. The first-order valence-electron chi connectivity index (χ1n) is 7.70. The fraction of sp³-hybridized carbons (Fsp3) is 0.938. The molecule has 1 rings (SSSR count). The molecule has 0 radical (unpaired) electrons. The monoisotopic (exact) mass is 265 g/mol. The van der Waals surface area contributed by atoms with Gasteiger partial charge in [-0.3, -0.25) is 5.32 Å². The predicted octanol–water partition coefficient (Wildman–Crippen LogP) is 3.02. The maximum Gasteiger partial charge on any atom is 0.105 e. The van der Waals surface area contributed by atoms with Crippen LogP contribution in [0.1, 0.15) is 54.4 Å². The van der Waals surface area contributed by atoms with Crippen LogP contribution in [0.3, 0.4) is 0 Å². The van der Waals surface area contributed by atoms with Crippen molar-refractivity contribution in [2.75, 3.05) is 13.1 Å². The molecule has 3 nitrogen and oxygen atoms in total. The van der Waals surface area contributed by atoms with E-state index in [0.717, 1.165) is 18.3 Å². The quantitative estimate of drug-likeness (QED) is 0.802. The number of hydrogen-bond acceptors (Lipinski definition) is 3. The summed E-state index contributed by atoms with van der Waals surface area (Å²) in [6, 6.07) is 3.28. The first-order chi connectivity index (χ1) is 8.77. The van der Waals surface area contributed by atoms with Gasteiger partial charge in [0.15, 0.2) is 0 Å². The second-order valence-electron chi connectivity index (χ2n) is 7.08. The van der Waals surface area contributed by atoms with Crippen molar-refractivity contribution in [1.82, 2.24) is 10.2 Å². The van der Waals surface area contributed by atoms with Crippen molar-refractivity contribution in [3.63, 3.8) is 0 Å². The molecule has 1 N–H and O–H groups in total. The van der Waals surface area contributed by atoms with Crippen LogP contribution in [-0.2, 0) is 0 Å². The van der Waals surface area contributed by atoms with E-state index in [4.69, 9.17) is 0 Å². The summed E-state index contributed by atoms with van der Waals surface area (Å²) in [5, 5.41) is 12.8. The topological polar surface area (TPSA) is 39.1 Å². The Balaban J connectivity index is 2.55. The molecule has 1 aliphatic heterocycles. The highest BCUT2D eigenvalue weighted by atomic mass is 15.2. The van der Waals surface area contributed by atoms with Crippen LogP contribution >= 0.6 is 0 Å². The van der Waals surface area contributed by atoms with Gasteiger partial charge in [-0.05, 0) is 58.9 Å². The second-order valence-corrected chi connectivity index (χ2v) is 7.08. The number of likely N-dealkylation sites (tertiary alicyclic amines) is 1. The van der Waals surface area contributed by atoms with Gasteiger partial charge in [-0.15, -0.1) is 0 Å². The highest BCUT2D eigenvalue weighted by Crippen LogP contribution is 2.27. The van der Waals surface area contributed by atoms with E-state index in [2.05, 4.69) is 50.9 Å². The molecule has 0 saturated carbocycles. The molecule has 3 heteroatoms. The van der Waals surface area contributed by atoms with E-state index in [0.29, 0.717) is 12.1 Å². The lowest BCUT2D eigenvalue weighted by Gasteiger charge is -2.33. The van der Waals surface area contributed by atoms with Crippen LogP contribution < -0.4 is 5.32 Å². The molecule has 1 aliphatic rings. The number of nitriles is 1. The van der Waals surface area contributed by atoms with Gasteiger partial charge in [0.05, 0.1) is 6.07 Å². The lowest BCUT2D eigenvalue weighted by atomic mass is 9.93. The lowest BCUT2D eigenvalue weighted by Crippen LogP contribution is -2.49. The van der Waals surface area contributed by atoms with E-state index < -0.39 is 5.54 Å². The van der Waals surface area contributed by atoms with Crippen LogP contribution in [0.4, 0.5) is 0 Å². The lowest BCUT2D eigenvalue weighted by molar-refractivity contribution is 0.197. The summed E-state index contributed by atoms with van der Waals surface area (Å²) < 4.78 is 0. The molecule has 110 valence electrons. The maximum absolute atomic E-state index is 9.44. The summed E-state index contributed by atoms with van der Waals surface area (Å²) in [6.07, 6.45) is 2.20. The van der Waals surface area contributed by atoms with E-state index in [-0.39, 0.29) is 0 Å². The maximum atomic E-state index is 9.44. The van der Waals surface area contributed by atoms with Gasteiger partial charge in [0.25, 0.3) is 0 Å². The molecular weight excluding hydrogens is 234 g/mol. The zero-order chi connectivity index (χ0) is 14.6. The SMILES string of the molecule is CC(C)NC(C)(C#N)CC(C)N1CCC(C(C)C)C1. The molecule has 1 saturated heterocycles. The smallest absolute Gasteiger partial charge is 0.105 e. The van der Waals surface area contributed by atoms with Crippen LogP contribution in [0.2, 0.25) is 0 Å². The van der Waals surface area contributed by atoms with Gasteiger partial charge in [0.1, 0.15) is 5.54 Å². The second kappa shape index (κ2) is 6.72. The molecular formula is C16H31N3. The van der Waals surface area contributed by atoms with Crippen molar-refractivity contribution in [3.05, 3.63) is 0 Å². The minimum absolute atomic E-state index is 0.346. The average molecular weight is 265 g/mol. The third kappa shape index (κ3) is 4.78. The Morgan fingerprint density at radius 1 is 1.32 bits per heavy atom. The van der Waals surface area contributed by atoms with E-state index in [9.17, 15) is 5.26 Å². The van der Waals surface area contributed by atoms with Crippen LogP contribution in [0.25, 0.3) is 0 Å². The average Bonchev–Trinajstić information content (AvgIpc) is 2.77. The third-order valence-corrected chi connectivity index (χ3v) is 4.38. The van der Waals surface area contributed by atoms with Crippen LogP contribution in [0, 0.1) is 23.2 Å². The van der Waals surface area contributed by atoms with E-state index in [1.54, 1.807) is 0 Å². The largest absolute Gasteiger partial charge is 0.300 e. The zero-order valence-electron chi connectivity index (χ0n) is 13.5. The van der Waals surface area contributed by atoms with Gasteiger partial charge >= 0.3 is 0 Å². The van der Waals surface area contributed by atoms with E-state index in [1.165, 1.54) is 19.5 Å². The fourth-order valence-corrected chi connectivity index (χ4v) is 3.25. The van der Waals surface area contributed by atoms with Crippen molar-refractivity contribution < 1.29 is 0 Å². The summed E-state index contributed by atoms with van der Waals surface area (Å²) in [6.45, 7) is 15.5. The molecule has 1 heterocycles. The van der Waals surface area contributed by atoms with Crippen LogP contribution in [0.5, 0.6) is 0 Å². The molecule has 0 aliphatic carbocycles. The van der Waals surface area contributed by atoms with Crippen molar-refractivity contribution in [1.29, 1.82) is 5.26 Å². The molecule has 19 heavy (non-hydrogen) atoms. The zero-order valence-corrected chi connectivity index (χ0v) is 13.5. The number of nitrogens with zero attached hydrogens (tertiary/aromatic N) is 2. The Labute approximate surface area is 119 Å². The summed E-state index contributed by atoms with van der Waals surface area (Å²) in [5.74, 6) is 1.60. The van der Waals surface area contributed by atoms with Crippen molar-refractivity contribution >= 4 is 0 Å². The van der Waals surface area contributed by atoms with Gasteiger partial charge in [-0.2, -0.15) is 5.26 Å². The summed E-state index contributed by atoms with van der Waals surface area (Å²) in [5.41, 5.74) is -0.413. The molecule has 0 bridgehead atoms. The van der Waals surface area contributed by atoms with E-state index >= 15 is 0 Å². The van der Waals surface area contributed by atoms with Gasteiger partial charge < -0.3 is 4.90 Å². The molecule has 0 spiro atoms. The molecule has 0 aromatic carbocycles.